The Kier molecular flexibility index (Phi) is 3.27. The fraction of sp³-hybridized carbons (Fsp3) is 0.600. The van der Waals surface area contributed by atoms with Crippen LogP contribution in [0.5, 0.6) is 5.75 Å². The Labute approximate surface area is 108 Å². The molecule has 1 aromatic rings. The van der Waals surface area contributed by atoms with Crippen LogP contribution in [0.1, 0.15) is 24.8 Å². The van der Waals surface area contributed by atoms with Gasteiger partial charge in [0.05, 0.1) is 0 Å². The summed E-state index contributed by atoms with van der Waals surface area (Å²) in [5.74, 6) is 1.02. The second kappa shape index (κ2) is 4.90. The molecule has 0 spiro atoms. The summed E-state index contributed by atoms with van der Waals surface area (Å²) >= 11 is 0. The average Bonchev–Trinajstić information content (AvgIpc) is 2.81. The molecule has 0 bridgehead atoms. The van der Waals surface area contributed by atoms with E-state index in [4.69, 9.17) is 9.47 Å². The maximum atomic E-state index is 9.71. The first kappa shape index (κ1) is 12.0. The lowest BCUT2D eigenvalue weighted by Gasteiger charge is -2.37. The van der Waals surface area contributed by atoms with Crippen LogP contribution in [0, 0.1) is 5.41 Å². The van der Waals surface area contributed by atoms with Gasteiger partial charge in [-0.15, -0.1) is 0 Å². The fourth-order valence-corrected chi connectivity index (χ4v) is 3.08. The summed E-state index contributed by atoms with van der Waals surface area (Å²) in [4.78, 5) is 0. The molecule has 0 saturated carbocycles. The third-order valence-corrected chi connectivity index (χ3v) is 4.26. The largest absolute Gasteiger partial charge is 0.490 e. The Morgan fingerprint density at radius 3 is 2.72 bits per heavy atom. The third-order valence-electron chi connectivity index (χ3n) is 4.26. The molecular formula is C15H20O3. The van der Waals surface area contributed by atoms with Crippen molar-refractivity contribution >= 4 is 0 Å². The van der Waals surface area contributed by atoms with Crippen molar-refractivity contribution in [3.8, 4) is 5.75 Å². The van der Waals surface area contributed by atoms with Gasteiger partial charge in [0, 0.05) is 31.7 Å². The smallest absolute Gasteiger partial charge is 0.123 e. The van der Waals surface area contributed by atoms with E-state index in [0.29, 0.717) is 0 Å². The SMILES string of the molecule is OCC1(CC2Cc3ccccc3O2)CCOCC1. The van der Waals surface area contributed by atoms with Crippen LogP contribution < -0.4 is 4.74 Å². The minimum atomic E-state index is 0.00492. The maximum absolute atomic E-state index is 9.71. The van der Waals surface area contributed by atoms with Gasteiger partial charge in [-0.2, -0.15) is 0 Å². The van der Waals surface area contributed by atoms with Gasteiger partial charge in [0.25, 0.3) is 0 Å². The van der Waals surface area contributed by atoms with Crippen LogP contribution in [0.25, 0.3) is 0 Å². The zero-order valence-corrected chi connectivity index (χ0v) is 10.6. The Bertz CT molecular complexity index is 385. The Balaban J connectivity index is 1.67. The molecule has 0 aliphatic carbocycles. The minimum absolute atomic E-state index is 0.00492. The number of aliphatic hydroxyl groups is 1. The predicted octanol–water partition coefficient (Wildman–Crippen LogP) is 2.17. The molecule has 0 amide bonds. The molecule has 1 N–H and O–H groups in total. The summed E-state index contributed by atoms with van der Waals surface area (Å²) in [5.41, 5.74) is 1.30. The zero-order chi connectivity index (χ0) is 12.4. The molecule has 3 rings (SSSR count). The standard InChI is InChI=1S/C15H20O3/c16-11-15(5-7-17-8-6-15)10-13-9-12-3-1-2-4-14(12)18-13/h1-4,13,16H,5-11H2. The van der Waals surface area contributed by atoms with Gasteiger partial charge in [-0.1, -0.05) is 18.2 Å². The number of hydrogen-bond acceptors (Lipinski definition) is 3. The van der Waals surface area contributed by atoms with E-state index >= 15 is 0 Å². The first-order chi connectivity index (χ1) is 8.81. The molecular weight excluding hydrogens is 228 g/mol. The first-order valence-corrected chi connectivity index (χ1v) is 6.75. The molecule has 1 saturated heterocycles. The van der Waals surface area contributed by atoms with Crippen molar-refractivity contribution in [1.29, 1.82) is 0 Å². The van der Waals surface area contributed by atoms with Crippen molar-refractivity contribution < 1.29 is 14.6 Å². The van der Waals surface area contributed by atoms with E-state index in [1.165, 1.54) is 5.56 Å². The van der Waals surface area contributed by atoms with Crippen molar-refractivity contribution in [2.24, 2.45) is 5.41 Å². The first-order valence-electron chi connectivity index (χ1n) is 6.75. The van der Waals surface area contributed by atoms with E-state index in [9.17, 15) is 5.11 Å². The van der Waals surface area contributed by atoms with Crippen molar-refractivity contribution in [3.05, 3.63) is 29.8 Å². The summed E-state index contributed by atoms with van der Waals surface area (Å²) in [5, 5.41) is 9.71. The number of para-hydroxylation sites is 1. The molecule has 1 fully saturated rings. The molecule has 3 heteroatoms. The van der Waals surface area contributed by atoms with E-state index in [1.54, 1.807) is 0 Å². The molecule has 2 aliphatic heterocycles. The number of fused-ring (bicyclic) bond motifs is 1. The third kappa shape index (κ3) is 2.25. The topological polar surface area (TPSA) is 38.7 Å². The predicted molar refractivity (Wildman–Crippen MR) is 68.8 cm³/mol. The molecule has 2 aliphatic rings. The number of ether oxygens (including phenoxy) is 2. The summed E-state index contributed by atoms with van der Waals surface area (Å²) in [6.45, 7) is 1.77. The van der Waals surface area contributed by atoms with Gasteiger partial charge in [-0.25, -0.2) is 0 Å². The van der Waals surface area contributed by atoms with E-state index in [2.05, 4.69) is 12.1 Å². The molecule has 0 aromatic heterocycles. The Morgan fingerprint density at radius 1 is 1.22 bits per heavy atom. The van der Waals surface area contributed by atoms with Crippen LogP contribution in [0.3, 0.4) is 0 Å². The molecule has 3 nitrogen and oxygen atoms in total. The van der Waals surface area contributed by atoms with Gasteiger partial charge in [0.1, 0.15) is 11.9 Å². The zero-order valence-electron chi connectivity index (χ0n) is 10.6. The lowest BCUT2D eigenvalue weighted by molar-refractivity contribution is -0.0359. The van der Waals surface area contributed by atoms with Crippen molar-refractivity contribution in [1.82, 2.24) is 0 Å². The van der Waals surface area contributed by atoms with Gasteiger partial charge >= 0.3 is 0 Å². The lowest BCUT2D eigenvalue weighted by Crippen LogP contribution is -2.37. The fourth-order valence-electron chi connectivity index (χ4n) is 3.08. The summed E-state index contributed by atoms with van der Waals surface area (Å²) in [7, 11) is 0. The van der Waals surface area contributed by atoms with Crippen molar-refractivity contribution in [2.75, 3.05) is 19.8 Å². The normalized spacial score (nSPS) is 25.5. The highest BCUT2D eigenvalue weighted by Crippen LogP contribution is 2.39. The van der Waals surface area contributed by atoms with Gasteiger partial charge < -0.3 is 14.6 Å². The van der Waals surface area contributed by atoms with Gasteiger partial charge in [0.2, 0.25) is 0 Å². The number of benzene rings is 1. The molecule has 1 atom stereocenters. The van der Waals surface area contributed by atoms with Gasteiger partial charge in [-0.05, 0) is 30.9 Å². The molecule has 18 heavy (non-hydrogen) atoms. The second-order valence-corrected chi connectivity index (χ2v) is 5.53. The van der Waals surface area contributed by atoms with Crippen molar-refractivity contribution in [2.45, 2.75) is 31.8 Å². The number of hydrogen-bond donors (Lipinski definition) is 1. The number of rotatable bonds is 3. The average molecular weight is 248 g/mol. The van der Waals surface area contributed by atoms with Crippen LogP contribution in [0.2, 0.25) is 0 Å². The molecule has 1 aromatic carbocycles. The Hall–Kier alpha value is -1.06. The van der Waals surface area contributed by atoms with Crippen LogP contribution in [-0.2, 0) is 11.2 Å². The van der Waals surface area contributed by atoms with Crippen LogP contribution in [0.4, 0.5) is 0 Å². The van der Waals surface area contributed by atoms with E-state index in [-0.39, 0.29) is 18.1 Å². The monoisotopic (exact) mass is 248 g/mol. The van der Waals surface area contributed by atoms with Crippen LogP contribution >= 0.6 is 0 Å². The summed E-state index contributed by atoms with van der Waals surface area (Å²) < 4.78 is 11.4. The Morgan fingerprint density at radius 2 is 2.00 bits per heavy atom. The van der Waals surface area contributed by atoms with Gasteiger partial charge in [-0.3, -0.25) is 0 Å². The highest BCUT2D eigenvalue weighted by atomic mass is 16.5. The highest BCUT2D eigenvalue weighted by molar-refractivity contribution is 5.37. The lowest BCUT2D eigenvalue weighted by atomic mass is 9.76. The molecule has 98 valence electrons. The minimum Gasteiger partial charge on any atom is -0.490 e. The highest BCUT2D eigenvalue weighted by Gasteiger charge is 2.37. The van der Waals surface area contributed by atoms with Crippen molar-refractivity contribution in [3.63, 3.8) is 0 Å². The second-order valence-electron chi connectivity index (χ2n) is 5.53. The van der Waals surface area contributed by atoms with Crippen LogP contribution in [0.15, 0.2) is 24.3 Å². The summed E-state index contributed by atoms with van der Waals surface area (Å²) in [6, 6.07) is 8.23. The van der Waals surface area contributed by atoms with Crippen LogP contribution in [-0.4, -0.2) is 31.0 Å². The quantitative estimate of drug-likeness (QED) is 0.891. The molecule has 0 radical (unpaired) electrons. The maximum Gasteiger partial charge on any atom is 0.123 e. The van der Waals surface area contributed by atoms with E-state index in [1.807, 2.05) is 12.1 Å². The van der Waals surface area contributed by atoms with Gasteiger partial charge in [0.15, 0.2) is 0 Å². The molecule has 2 heterocycles. The van der Waals surface area contributed by atoms with E-state index < -0.39 is 0 Å². The summed E-state index contributed by atoms with van der Waals surface area (Å²) in [6.07, 6.45) is 4.01. The molecule has 1 unspecified atom stereocenters. The van der Waals surface area contributed by atoms with E-state index in [0.717, 1.165) is 44.6 Å². The number of aliphatic hydroxyl groups excluding tert-OH is 1.